The van der Waals surface area contributed by atoms with E-state index in [1.165, 1.54) is 0 Å². The quantitative estimate of drug-likeness (QED) is 0.843. The van der Waals surface area contributed by atoms with Crippen molar-refractivity contribution in [1.29, 1.82) is 0 Å². The van der Waals surface area contributed by atoms with Crippen molar-refractivity contribution in [2.24, 2.45) is 7.05 Å². The van der Waals surface area contributed by atoms with Crippen LogP contribution >= 0.6 is 0 Å². The van der Waals surface area contributed by atoms with Crippen LogP contribution in [0.15, 0.2) is 42.7 Å². The number of hydrogen-bond donors (Lipinski definition) is 2. The first-order valence-electron chi connectivity index (χ1n) is 8.51. The molecule has 2 unspecified atom stereocenters. The lowest BCUT2D eigenvalue weighted by Crippen LogP contribution is -2.39. The molecule has 0 saturated heterocycles. The van der Waals surface area contributed by atoms with Gasteiger partial charge < -0.3 is 15.4 Å². The fraction of sp³-hybridized carbons (Fsp3) is 0.474. The number of carbonyl (C=O) groups excluding carboxylic acids is 1. The minimum Gasteiger partial charge on any atom is -0.444 e. The van der Waals surface area contributed by atoms with Gasteiger partial charge in [0.15, 0.2) is 0 Å². The molecule has 0 radical (unpaired) electrons. The zero-order valence-corrected chi connectivity index (χ0v) is 15.6. The van der Waals surface area contributed by atoms with Gasteiger partial charge in [0.1, 0.15) is 5.60 Å². The fourth-order valence-corrected chi connectivity index (χ4v) is 2.46. The topological polar surface area (TPSA) is 68.2 Å². The normalized spacial score (nSPS) is 14.0. The molecule has 1 aromatic heterocycles. The molecule has 0 bridgehead atoms. The van der Waals surface area contributed by atoms with E-state index in [2.05, 4.69) is 22.7 Å². The van der Waals surface area contributed by atoms with E-state index in [-0.39, 0.29) is 12.1 Å². The van der Waals surface area contributed by atoms with Crippen molar-refractivity contribution in [2.45, 2.75) is 45.4 Å². The third kappa shape index (κ3) is 6.23. The van der Waals surface area contributed by atoms with Crippen LogP contribution in [0, 0.1) is 0 Å². The summed E-state index contributed by atoms with van der Waals surface area (Å²) in [6.45, 7) is 8.22. The van der Waals surface area contributed by atoms with Crippen molar-refractivity contribution >= 4 is 6.09 Å². The number of aromatic nitrogens is 2. The predicted octanol–water partition coefficient (Wildman–Crippen LogP) is 3.34. The van der Waals surface area contributed by atoms with E-state index in [0.29, 0.717) is 6.54 Å². The van der Waals surface area contributed by atoms with E-state index in [9.17, 15) is 4.79 Å². The van der Waals surface area contributed by atoms with Gasteiger partial charge in [-0.25, -0.2) is 4.79 Å². The van der Waals surface area contributed by atoms with Crippen LogP contribution in [0.1, 0.15) is 50.9 Å². The van der Waals surface area contributed by atoms with E-state index >= 15 is 0 Å². The lowest BCUT2D eigenvalue weighted by atomic mass is 10.1. The van der Waals surface area contributed by atoms with Crippen LogP contribution in [0.3, 0.4) is 0 Å². The van der Waals surface area contributed by atoms with Gasteiger partial charge in [-0.2, -0.15) is 5.10 Å². The SMILES string of the molecule is CC(NCC(NC(=O)OC(C)(C)C)c1ccccc1)c1cnn(C)c1. The average Bonchev–Trinajstić information content (AvgIpc) is 2.97. The van der Waals surface area contributed by atoms with Gasteiger partial charge in [0.05, 0.1) is 12.2 Å². The minimum atomic E-state index is -0.526. The number of rotatable bonds is 6. The first-order chi connectivity index (χ1) is 11.7. The molecule has 6 heteroatoms. The van der Waals surface area contributed by atoms with Crippen LogP contribution in [0.5, 0.6) is 0 Å². The number of ether oxygens (including phenoxy) is 1. The summed E-state index contributed by atoms with van der Waals surface area (Å²) in [7, 11) is 1.90. The third-order valence-corrected chi connectivity index (χ3v) is 3.75. The molecule has 25 heavy (non-hydrogen) atoms. The summed E-state index contributed by atoms with van der Waals surface area (Å²) in [5.41, 5.74) is 1.60. The highest BCUT2D eigenvalue weighted by atomic mass is 16.6. The van der Waals surface area contributed by atoms with Crippen molar-refractivity contribution in [3.05, 3.63) is 53.9 Å². The Morgan fingerprint density at radius 3 is 2.48 bits per heavy atom. The molecule has 2 N–H and O–H groups in total. The van der Waals surface area contributed by atoms with Crippen LogP contribution < -0.4 is 10.6 Å². The molecule has 6 nitrogen and oxygen atoms in total. The van der Waals surface area contributed by atoms with Gasteiger partial charge in [-0.15, -0.1) is 0 Å². The summed E-state index contributed by atoms with van der Waals surface area (Å²) in [4.78, 5) is 12.2. The highest BCUT2D eigenvalue weighted by Gasteiger charge is 2.21. The van der Waals surface area contributed by atoms with Crippen LogP contribution in [-0.2, 0) is 11.8 Å². The van der Waals surface area contributed by atoms with Crippen molar-refractivity contribution in [1.82, 2.24) is 20.4 Å². The van der Waals surface area contributed by atoms with Gasteiger partial charge in [-0.3, -0.25) is 4.68 Å². The number of hydrogen-bond acceptors (Lipinski definition) is 4. The van der Waals surface area contributed by atoms with Crippen LogP contribution in [0.25, 0.3) is 0 Å². The second-order valence-corrected chi connectivity index (χ2v) is 7.19. The number of nitrogens with one attached hydrogen (secondary N) is 2. The molecule has 0 aliphatic rings. The second kappa shape index (κ2) is 8.16. The number of aryl methyl sites for hydroxylation is 1. The maximum absolute atomic E-state index is 12.2. The summed E-state index contributed by atoms with van der Waals surface area (Å²) in [5, 5.41) is 10.6. The minimum absolute atomic E-state index is 0.125. The highest BCUT2D eigenvalue weighted by Crippen LogP contribution is 2.16. The molecule has 0 fully saturated rings. The van der Waals surface area contributed by atoms with E-state index in [0.717, 1.165) is 11.1 Å². The molecule has 2 aromatic rings. The van der Waals surface area contributed by atoms with Crippen molar-refractivity contribution in [2.75, 3.05) is 6.54 Å². The van der Waals surface area contributed by atoms with Crippen LogP contribution in [0.4, 0.5) is 4.79 Å². The van der Waals surface area contributed by atoms with Gasteiger partial charge >= 0.3 is 6.09 Å². The summed E-state index contributed by atoms with van der Waals surface area (Å²) < 4.78 is 7.17. The van der Waals surface area contributed by atoms with E-state index in [1.807, 2.05) is 70.5 Å². The zero-order valence-electron chi connectivity index (χ0n) is 15.6. The van der Waals surface area contributed by atoms with Gasteiger partial charge in [0.2, 0.25) is 0 Å². The zero-order chi connectivity index (χ0) is 18.4. The first-order valence-corrected chi connectivity index (χ1v) is 8.51. The molecule has 1 heterocycles. The fourth-order valence-electron chi connectivity index (χ4n) is 2.46. The average molecular weight is 344 g/mol. The van der Waals surface area contributed by atoms with Crippen molar-refractivity contribution < 1.29 is 9.53 Å². The number of carbonyl (C=O) groups is 1. The summed E-state index contributed by atoms with van der Waals surface area (Å²) in [5.74, 6) is 0. The van der Waals surface area contributed by atoms with E-state index in [1.54, 1.807) is 4.68 Å². The van der Waals surface area contributed by atoms with Gasteiger partial charge in [0.25, 0.3) is 0 Å². The molecule has 2 rings (SSSR count). The molecular weight excluding hydrogens is 316 g/mol. The highest BCUT2D eigenvalue weighted by molar-refractivity contribution is 5.68. The molecule has 2 atom stereocenters. The Hall–Kier alpha value is -2.34. The maximum atomic E-state index is 12.2. The van der Waals surface area contributed by atoms with E-state index < -0.39 is 11.7 Å². The van der Waals surface area contributed by atoms with Crippen LogP contribution in [-0.4, -0.2) is 28.0 Å². The maximum Gasteiger partial charge on any atom is 0.408 e. The Morgan fingerprint density at radius 1 is 1.24 bits per heavy atom. The van der Waals surface area contributed by atoms with Crippen molar-refractivity contribution in [3.63, 3.8) is 0 Å². The largest absolute Gasteiger partial charge is 0.444 e. The Kier molecular flexibility index (Phi) is 6.20. The van der Waals surface area contributed by atoms with Crippen molar-refractivity contribution in [3.8, 4) is 0 Å². The van der Waals surface area contributed by atoms with Gasteiger partial charge in [0, 0.05) is 31.4 Å². The number of alkyl carbamates (subject to hydrolysis) is 1. The molecule has 0 spiro atoms. The lowest BCUT2D eigenvalue weighted by Gasteiger charge is -2.25. The Balaban J connectivity index is 2.03. The molecule has 0 aliphatic carbocycles. The Labute approximate surface area is 149 Å². The molecule has 1 amide bonds. The monoisotopic (exact) mass is 344 g/mol. The lowest BCUT2D eigenvalue weighted by molar-refractivity contribution is 0.0502. The predicted molar refractivity (Wildman–Crippen MR) is 98.2 cm³/mol. The van der Waals surface area contributed by atoms with E-state index in [4.69, 9.17) is 4.74 Å². The third-order valence-electron chi connectivity index (χ3n) is 3.75. The van der Waals surface area contributed by atoms with Gasteiger partial charge in [-0.05, 0) is 33.3 Å². The first kappa shape index (κ1) is 19.0. The molecule has 136 valence electrons. The number of amides is 1. The standard InChI is InChI=1S/C19H28N4O2/c1-14(16-11-21-23(5)13-16)20-12-17(15-9-7-6-8-10-15)22-18(24)25-19(2,3)4/h6-11,13-14,17,20H,12H2,1-5H3,(H,22,24). The molecule has 0 aliphatic heterocycles. The molecular formula is C19H28N4O2. The number of benzene rings is 1. The Morgan fingerprint density at radius 2 is 1.92 bits per heavy atom. The molecule has 1 aromatic carbocycles. The summed E-state index contributed by atoms with van der Waals surface area (Å²) >= 11 is 0. The summed E-state index contributed by atoms with van der Waals surface area (Å²) in [6.07, 6.45) is 3.41. The van der Waals surface area contributed by atoms with Crippen LogP contribution in [0.2, 0.25) is 0 Å². The smallest absolute Gasteiger partial charge is 0.408 e. The number of nitrogens with zero attached hydrogens (tertiary/aromatic N) is 2. The Bertz CT molecular complexity index is 676. The molecule has 0 saturated carbocycles. The second-order valence-electron chi connectivity index (χ2n) is 7.19. The summed E-state index contributed by atoms with van der Waals surface area (Å²) in [6, 6.07) is 9.82. The van der Waals surface area contributed by atoms with Gasteiger partial charge in [-0.1, -0.05) is 30.3 Å².